The predicted molar refractivity (Wildman–Crippen MR) is 117 cm³/mol. The molecule has 1 heterocycles. The largest absolute Gasteiger partial charge is 0.497 e. The number of methoxy groups -OCH3 is 1. The molecule has 0 aliphatic heterocycles. The Bertz CT molecular complexity index is 1100. The summed E-state index contributed by atoms with van der Waals surface area (Å²) in [6.45, 7) is 1.96. The molecule has 0 saturated heterocycles. The summed E-state index contributed by atoms with van der Waals surface area (Å²) in [6, 6.07) is 16.0. The van der Waals surface area contributed by atoms with E-state index in [1.165, 1.54) is 5.56 Å². The quantitative estimate of drug-likeness (QED) is 0.562. The summed E-state index contributed by atoms with van der Waals surface area (Å²) in [7, 11) is 1.65. The molecule has 5 heteroatoms. The number of nitriles is 1. The highest BCUT2D eigenvalue weighted by molar-refractivity contribution is 6.31. The molecule has 0 bridgehead atoms. The number of pyridine rings is 1. The van der Waals surface area contributed by atoms with Crippen LogP contribution in [-0.4, -0.2) is 12.1 Å². The highest BCUT2D eigenvalue weighted by Gasteiger charge is 2.23. The minimum atomic E-state index is 0.565. The van der Waals surface area contributed by atoms with Gasteiger partial charge in [0.05, 0.1) is 7.11 Å². The minimum absolute atomic E-state index is 0.565. The van der Waals surface area contributed by atoms with E-state index in [9.17, 15) is 5.26 Å². The molecule has 3 aromatic rings. The van der Waals surface area contributed by atoms with Crippen LogP contribution in [0.15, 0.2) is 42.5 Å². The topological polar surface area (TPSA) is 57.9 Å². The molecule has 1 aliphatic rings. The van der Waals surface area contributed by atoms with Gasteiger partial charge in [-0.25, -0.2) is 4.98 Å². The van der Waals surface area contributed by atoms with Crippen LogP contribution in [0, 0.1) is 18.3 Å². The molecule has 4 rings (SSSR count). The molecule has 2 aromatic carbocycles. The van der Waals surface area contributed by atoms with E-state index in [1.807, 2.05) is 49.4 Å². The Morgan fingerprint density at radius 3 is 2.59 bits per heavy atom. The van der Waals surface area contributed by atoms with Crippen molar-refractivity contribution in [2.45, 2.75) is 32.6 Å². The maximum atomic E-state index is 10.1. The van der Waals surface area contributed by atoms with Crippen LogP contribution >= 0.6 is 11.6 Å². The number of hydrogen-bond donors (Lipinski definition) is 1. The van der Waals surface area contributed by atoms with Gasteiger partial charge in [-0.3, -0.25) is 0 Å². The van der Waals surface area contributed by atoms with Gasteiger partial charge in [0.25, 0.3) is 0 Å². The van der Waals surface area contributed by atoms with E-state index in [0.29, 0.717) is 16.4 Å². The molecular weight excluding hydrogens is 382 g/mol. The van der Waals surface area contributed by atoms with Gasteiger partial charge in [0.1, 0.15) is 23.2 Å². The summed E-state index contributed by atoms with van der Waals surface area (Å²) >= 11 is 6.29. The van der Waals surface area contributed by atoms with Gasteiger partial charge in [-0.1, -0.05) is 29.8 Å². The van der Waals surface area contributed by atoms with E-state index in [1.54, 1.807) is 7.11 Å². The fourth-order valence-electron chi connectivity index (χ4n) is 3.89. The zero-order valence-corrected chi connectivity index (χ0v) is 17.3. The molecule has 0 unspecified atom stereocenters. The third-order valence-corrected chi connectivity index (χ3v) is 5.89. The molecule has 0 fully saturated rings. The number of hydrogen-bond acceptors (Lipinski definition) is 4. The molecule has 29 heavy (non-hydrogen) atoms. The van der Waals surface area contributed by atoms with Crippen LogP contribution in [0.25, 0.3) is 11.1 Å². The van der Waals surface area contributed by atoms with Crippen LogP contribution in [0.5, 0.6) is 5.75 Å². The summed E-state index contributed by atoms with van der Waals surface area (Å²) in [5, 5.41) is 14.1. The van der Waals surface area contributed by atoms with Crippen molar-refractivity contribution in [3.8, 4) is 22.9 Å². The van der Waals surface area contributed by atoms with Crippen molar-refractivity contribution in [3.63, 3.8) is 0 Å². The molecule has 1 aliphatic carbocycles. The number of nitrogens with zero attached hydrogens (tertiary/aromatic N) is 2. The summed E-state index contributed by atoms with van der Waals surface area (Å²) in [5.74, 6) is 1.38. The van der Waals surface area contributed by atoms with Crippen molar-refractivity contribution in [2.24, 2.45) is 0 Å². The Balaban J connectivity index is 1.90. The van der Waals surface area contributed by atoms with Gasteiger partial charge < -0.3 is 10.1 Å². The van der Waals surface area contributed by atoms with Crippen molar-refractivity contribution < 1.29 is 4.74 Å². The number of ether oxygens (including phenoxy) is 1. The van der Waals surface area contributed by atoms with Gasteiger partial charge in [0, 0.05) is 22.0 Å². The van der Waals surface area contributed by atoms with Gasteiger partial charge in [-0.2, -0.15) is 5.26 Å². The van der Waals surface area contributed by atoms with E-state index >= 15 is 0 Å². The van der Waals surface area contributed by atoms with Crippen molar-refractivity contribution in [1.82, 2.24) is 4.98 Å². The number of aromatic nitrogens is 1. The zero-order valence-electron chi connectivity index (χ0n) is 16.6. The third-order valence-electron chi connectivity index (χ3n) is 5.49. The number of benzene rings is 2. The first-order valence-electron chi connectivity index (χ1n) is 9.74. The first kappa shape index (κ1) is 19.3. The Morgan fingerprint density at radius 2 is 1.86 bits per heavy atom. The summed E-state index contributed by atoms with van der Waals surface area (Å²) in [5.41, 5.74) is 6.60. The normalized spacial score (nSPS) is 12.8. The fourth-order valence-corrected chi connectivity index (χ4v) is 4.06. The predicted octanol–water partition coefficient (Wildman–Crippen LogP) is 6.21. The Labute approximate surface area is 176 Å². The van der Waals surface area contributed by atoms with E-state index in [4.69, 9.17) is 21.3 Å². The average molecular weight is 404 g/mol. The summed E-state index contributed by atoms with van der Waals surface area (Å²) in [4.78, 5) is 4.87. The van der Waals surface area contributed by atoms with Crippen molar-refractivity contribution in [2.75, 3.05) is 12.4 Å². The lowest BCUT2D eigenvalue weighted by molar-refractivity contribution is 0.415. The molecule has 0 spiro atoms. The van der Waals surface area contributed by atoms with Gasteiger partial charge in [0.2, 0.25) is 0 Å². The Morgan fingerprint density at radius 1 is 1.10 bits per heavy atom. The van der Waals surface area contributed by atoms with E-state index in [2.05, 4.69) is 11.4 Å². The van der Waals surface area contributed by atoms with Gasteiger partial charge in [-0.15, -0.1) is 0 Å². The van der Waals surface area contributed by atoms with Gasteiger partial charge in [0.15, 0.2) is 0 Å². The van der Waals surface area contributed by atoms with Crippen molar-refractivity contribution in [3.05, 3.63) is 69.9 Å². The summed E-state index contributed by atoms with van der Waals surface area (Å²) < 4.78 is 5.30. The minimum Gasteiger partial charge on any atom is -0.497 e. The number of aryl methyl sites for hydroxylation is 1. The van der Waals surface area contributed by atoms with Crippen LogP contribution in [0.1, 0.15) is 35.2 Å². The first-order chi connectivity index (χ1) is 14.1. The van der Waals surface area contributed by atoms with E-state index < -0.39 is 0 Å². The summed E-state index contributed by atoms with van der Waals surface area (Å²) in [6.07, 6.45) is 4.09. The smallest absolute Gasteiger partial charge is 0.149 e. The van der Waals surface area contributed by atoms with Gasteiger partial charge in [-0.05, 0) is 73.6 Å². The number of rotatable bonds is 4. The molecule has 1 aromatic heterocycles. The standard InChI is InChI=1S/C24H22ClN3O/c1-15-20(25)7-5-9-21(15)27-24-19(14-26)23(16-10-12-17(29-2)13-11-16)18-6-3-4-8-22(18)28-24/h5,7,9-13H,3-4,6,8H2,1-2H3,(H,27,28). The lowest BCUT2D eigenvalue weighted by Crippen LogP contribution is -2.12. The Hall–Kier alpha value is -3.03. The first-order valence-corrected chi connectivity index (χ1v) is 10.1. The molecule has 146 valence electrons. The molecule has 0 saturated carbocycles. The third kappa shape index (κ3) is 3.66. The molecular formula is C24H22ClN3O. The van der Waals surface area contributed by atoms with Crippen LogP contribution in [0.4, 0.5) is 11.5 Å². The molecule has 0 amide bonds. The zero-order chi connectivity index (χ0) is 20.4. The fraction of sp³-hybridized carbons (Fsp3) is 0.250. The molecule has 0 radical (unpaired) electrons. The lowest BCUT2D eigenvalue weighted by Gasteiger charge is -2.23. The van der Waals surface area contributed by atoms with Crippen molar-refractivity contribution in [1.29, 1.82) is 5.26 Å². The highest BCUT2D eigenvalue weighted by Crippen LogP contribution is 2.38. The van der Waals surface area contributed by atoms with Crippen LogP contribution in [-0.2, 0) is 12.8 Å². The second-order valence-electron chi connectivity index (χ2n) is 7.22. The second kappa shape index (κ2) is 8.14. The maximum absolute atomic E-state index is 10.1. The molecule has 4 nitrogen and oxygen atoms in total. The highest BCUT2D eigenvalue weighted by atomic mass is 35.5. The van der Waals surface area contributed by atoms with Gasteiger partial charge >= 0.3 is 0 Å². The molecule has 1 N–H and O–H groups in total. The van der Waals surface area contributed by atoms with Crippen LogP contribution in [0.2, 0.25) is 5.02 Å². The maximum Gasteiger partial charge on any atom is 0.149 e. The van der Waals surface area contributed by atoms with E-state index in [0.717, 1.165) is 59.5 Å². The molecule has 0 atom stereocenters. The Kier molecular flexibility index (Phi) is 5.42. The van der Waals surface area contributed by atoms with Crippen molar-refractivity contribution >= 4 is 23.1 Å². The van der Waals surface area contributed by atoms with E-state index in [-0.39, 0.29) is 0 Å². The number of anilines is 2. The monoisotopic (exact) mass is 403 g/mol. The number of halogens is 1. The number of fused-ring (bicyclic) bond motifs is 1. The average Bonchev–Trinajstić information content (AvgIpc) is 2.76. The van der Waals surface area contributed by atoms with Crippen LogP contribution in [0.3, 0.4) is 0 Å². The van der Waals surface area contributed by atoms with Crippen LogP contribution < -0.4 is 10.1 Å². The SMILES string of the molecule is COc1ccc(-c2c(C#N)c(Nc3cccc(Cl)c3C)nc3c2CCCC3)cc1. The number of nitrogens with one attached hydrogen (secondary N) is 1. The lowest BCUT2D eigenvalue weighted by atomic mass is 9.86. The second-order valence-corrected chi connectivity index (χ2v) is 7.63.